The Balaban J connectivity index is 2.00. The number of nitrogens with two attached hydrogens (primary N) is 1. The summed E-state index contributed by atoms with van der Waals surface area (Å²) in [5, 5.41) is 8.30. The Morgan fingerprint density at radius 1 is 1.07 bits per heavy atom. The van der Waals surface area contributed by atoms with Crippen LogP contribution in [0.1, 0.15) is 38.2 Å². The van der Waals surface area contributed by atoms with E-state index >= 15 is 0 Å². The van der Waals surface area contributed by atoms with Crippen molar-refractivity contribution in [1.29, 1.82) is 0 Å². The maximum atomic E-state index is 13.4. The molecule has 1 fully saturated rings. The predicted octanol–water partition coefficient (Wildman–Crippen LogP) is 3.28. The van der Waals surface area contributed by atoms with Crippen LogP contribution in [-0.4, -0.2) is 27.5 Å². The summed E-state index contributed by atoms with van der Waals surface area (Å²) in [6, 6.07) is 10.1. The number of rotatable bonds is 6. The number of hydrogen-bond donors (Lipinski definition) is 2. The van der Waals surface area contributed by atoms with E-state index in [2.05, 4.69) is 5.32 Å². The first-order chi connectivity index (χ1) is 14.0. The van der Waals surface area contributed by atoms with Crippen molar-refractivity contribution in [3.63, 3.8) is 0 Å². The minimum Gasteiger partial charge on any atom is -0.325 e. The molecule has 3 N–H and O–H groups in total. The molecule has 0 spiro atoms. The van der Waals surface area contributed by atoms with Crippen LogP contribution in [0.5, 0.6) is 0 Å². The van der Waals surface area contributed by atoms with Gasteiger partial charge in [-0.15, -0.1) is 0 Å². The summed E-state index contributed by atoms with van der Waals surface area (Å²) >= 11 is 5.87. The SMILES string of the molecule is CCc1ccc(NC(=O)C2(S(=O)(=O)c3ccc(Cl)cc3)CCCC2)cc1S(N)(=O)=O. The van der Waals surface area contributed by atoms with Crippen LogP contribution in [0.4, 0.5) is 5.69 Å². The van der Waals surface area contributed by atoms with Gasteiger partial charge in [-0.1, -0.05) is 37.4 Å². The third-order valence-electron chi connectivity index (χ3n) is 5.48. The molecular weight excluding hydrogens is 448 g/mol. The third kappa shape index (κ3) is 4.12. The Morgan fingerprint density at radius 3 is 2.20 bits per heavy atom. The molecule has 1 aliphatic rings. The second kappa shape index (κ2) is 8.30. The summed E-state index contributed by atoms with van der Waals surface area (Å²) in [5.74, 6) is -0.681. The fourth-order valence-corrected chi connectivity index (χ4v) is 6.90. The number of carbonyl (C=O) groups excluding carboxylic acids is 1. The van der Waals surface area contributed by atoms with Gasteiger partial charge in [0.2, 0.25) is 15.9 Å². The summed E-state index contributed by atoms with van der Waals surface area (Å²) < 4.78 is 49.0. The molecular formula is C20H23ClN2O5S2. The molecule has 0 aromatic heterocycles. The lowest BCUT2D eigenvalue weighted by atomic mass is 10.1. The van der Waals surface area contributed by atoms with Crippen LogP contribution in [0.3, 0.4) is 0 Å². The number of anilines is 1. The van der Waals surface area contributed by atoms with Crippen molar-refractivity contribution in [2.24, 2.45) is 5.14 Å². The highest BCUT2D eigenvalue weighted by Gasteiger charge is 2.53. The lowest BCUT2D eigenvalue weighted by molar-refractivity contribution is -0.118. The van der Waals surface area contributed by atoms with Crippen molar-refractivity contribution in [1.82, 2.24) is 0 Å². The number of aryl methyl sites for hydroxylation is 1. The molecule has 162 valence electrons. The topological polar surface area (TPSA) is 123 Å². The Labute approximate surface area is 181 Å². The van der Waals surface area contributed by atoms with Gasteiger partial charge >= 0.3 is 0 Å². The largest absolute Gasteiger partial charge is 0.325 e. The second-order valence-corrected chi connectivity index (χ2v) is 11.6. The van der Waals surface area contributed by atoms with Gasteiger partial charge in [0.1, 0.15) is 0 Å². The Morgan fingerprint density at radius 2 is 1.67 bits per heavy atom. The molecule has 0 unspecified atom stereocenters. The van der Waals surface area contributed by atoms with Crippen molar-refractivity contribution < 1.29 is 21.6 Å². The van der Waals surface area contributed by atoms with E-state index in [-0.39, 0.29) is 28.3 Å². The highest BCUT2D eigenvalue weighted by atomic mass is 35.5. The number of sulfone groups is 1. The molecule has 1 saturated carbocycles. The zero-order chi connectivity index (χ0) is 22.2. The Kier molecular flexibility index (Phi) is 6.29. The summed E-state index contributed by atoms with van der Waals surface area (Å²) in [7, 11) is -8.00. The van der Waals surface area contributed by atoms with E-state index in [0.29, 0.717) is 29.8 Å². The number of primary sulfonamides is 1. The number of halogens is 1. The third-order valence-corrected chi connectivity index (χ3v) is 9.24. The molecule has 7 nitrogen and oxygen atoms in total. The molecule has 0 atom stereocenters. The van der Waals surface area contributed by atoms with Crippen molar-refractivity contribution in [2.45, 2.75) is 53.6 Å². The fourth-order valence-electron chi connectivity index (χ4n) is 3.84. The van der Waals surface area contributed by atoms with E-state index in [1.807, 2.05) is 0 Å². The molecule has 0 heterocycles. The normalized spacial score (nSPS) is 16.4. The summed E-state index contributed by atoms with van der Waals surface area (Å²) in [6.07, 6.45) is 1.99. The van der Waals surface area contributed by atoms with E-state index in [4.69, 9.17) is 16.7 Å². The summed E-state index contributed by atoms with van der Waals surface area (Å²) in [4.78, 5) is 13.2. The lowest BCUT2D eigenvalue weighted by Gasteiger charge is -2.28. The van der Waals surface area contributed by atoms with Crippen LogP contribution in [0, 0.1) is 0 Å². The Bertz CT molecular complexity index is 1170. The van der Waals surface area contributed by atoms with Gasteiger partial charge in [-0.05, 0) is 61.2 Å². The number of benzene rings is 2. The lowest BCUT2D eigenvalue weighted by Crippen LogP contribution is -2.47. The van der Waals surface area contributed by atoms with Crippen LogP contribution in [0.15, 0.2) is 52.3 Å². The van der Waals surface area contributed by atoms with Gasteiger partial charge in [0.05, 0.1) is 9.79 Å². The van der Waals surface area contributed by atoms with Gasteiger partial charge in [0, 0.05) is 10.7 Å². The van der Waals surface area contributed by atoms with Gasteiger partial charge in [-0.3, -0.25) is 4.79 Å². The van der Waals surface area contributed by atoms with E-state index in [9.17, 15) is 21.6 Å². The highest BCUT2D eigenvalue weighted by Crippen LogP contribution is 2.41. The van der Waals surface area contributed by atoms with Crippen LogP contribution >= 0.6 is 11.6 Å². The quantitative estimate of drug-likeness (QED) is 0.670. The fraction of sp³-hybridized carbons (Fsp3) is 0.350. The van der Waals surface area contributed by atoms with Crippen LogP contribution < -0.4 is 10.5 Å². The molecule has 0 saturated heterocycles. The smallest absolute Gasteiger partial charge is 0.246 e. The van der Waals surface area contributed by atoms with E-state index in [1.165, 1.54) is 30.3 Å². The van der Waals surface area contributed by atoms with E-state index in [0.717, 1.165) is 0 Å². The van der Waals surface area contributed by atoms with Gasteiger partial charge in [0.15, 0.2) is 14.6 Å². The Hall–Kier alpha value is -1.94. The summed E-state index contributed by atoms with van der Waals surface area (Å²) in [5.41, 5.74) is 0.693. The zero-order valence-corrected chi connectivity index (χ0v) is 18.8. The first-order valence-electron chi connectivity index (χ1n) is 9.49. The molecule has 10 heteroatoms. The molecule has 1 aliphatic carbocycles. The number of nitrogens with one attached hydrogen (secondary N) is 1. The molecule has 2 aromatic rings. The summed E-state index contributed by atoms with van der Waals surface area (Å²) in [6.45, 7) is 1.79. The average Bonchev–Trinajstić information content (AvgIpc) is 3.19. The highest BCUT2D eigenvalue weighted by molar-refractivity contribution is 7.93. The van der Waals surface area contributed by atoms with Gasteiger partial charge in [-0.2, -0.15) is 0 Å². The van der Waals surface area contributed by atoms with E-state index in [1.54, 1.807) is 19.1 Å². The van der Waals surface area contributed by atoms with Gasteiger partial charge in [0.25, 0.3) is 0 Å². The number of carbonyl (C=O) groups is 1. The zero-order valence-electron chi connectivity index (χ0n) is 16.4. The molecule has 2 aromatic carbocycles. The molecule has 3 rings (SSSR count). The first-order valence-corrected chi connectivity index (χ1v) is 12.9. The minimum absolute atomic E-state index is 0.0236. The van der Waals surface area contributed by atoms with Gasteiger partial charge in [-0.25, -0.2) is 22.0 Å². The standard InChI is InChI=1S/C20H23ClN2O5S2/c1-2-14-5-8-16(13-18(14)30(22,27)28)23-19(24)20(11-3-4-12-20)29(25,26)17-9-6-15(21)7-10-17/h5-10,13H,2-4,11-12H2,1H3,(H,23,24)(H2,22,27,28). The maximum absolute atomic E-state index is 13.4. The second-order valence-electron chi connectivity index (χ2n) is 7.33. The predicted molar refractivity (Wildman–Crippen MR) is 116 cm³/mol. The first kappa shape index (κ1) is 22.7. The number of sulfonamides is 1. The van der Waals surface area contributed by atoms with Crippen molar-refractivity contribution in [3.05, 3.63) is 53.1 Å². The van der Waals surface area contributed by atoms with Crippen molar-refractivity contribution in [3.8, 4) is 0 Å². The molecule has 0 aliphatic heterocycles. The number of amides is 1. The average molecular weight is 471 g/mol. The van der Waals surface area contributed by atoms with Crippen LogP contribution in [0.2, 0.25) is 5.02 Å². The van der Waals surface area contributed by atoms with Gasteiger partial charge < -0.3 is 5.32 Å². The molecule has 1 amide bonds. The van der Waals surface area contributed by atoms with Crippen molar-refractivity contribution >= 4 is 43.1 Å². The van der Waals surface area contributed by atoms with Crippen LogP contribution in [-0.2, 0) is 31.1 Å². The number of hydrogen-bond acceptors (Lipinski definition) is 5. The van der Waals surface area contributed by atoms with E-state index < -0.39 is 30.5 Å². The minimum atomic E-state index is -4.00. The van der Waals surface area contributed by atoms with Crippen molar-refractivity contribution in [2.75, 3.05) is 5.32 Å². The maximum Gasteiger partial charge on any atom is 0.246 e. The monoisotopic (exact) mass is 470 g/mol. The molecule has 0 radical (unpaired) electrons. The molecule has 0 bridgehead atoms. The molecule has 30 heavy (non-hydrogen) atoms. The van der Waals surface area contributed by atoms with Crippen LogP contribution in [0.25, 0.3) is 0 Å².